The van der Waals surface area contributed by atoms with Crippen molar-refractivity contribution < 1.29 is 9.47 Å². The lowest BCUT2D eigenvalue weighted by Crippen LogP contribution is -2.42. The zero-order valence-corrected chi connectivity index (χ0v) is 17.1. The van der Waals surface area contributed by atoms with Crippen LogP contribution in [0.1, 0.15) is 40.2 Å². The van der Waals surface area contributed by atoms with Crippen LogP contribution in [0.3, 0.4) is 0 Å². The maximum absolute atomic E-state index is 6.77. The van der Waals surface area contributed by atoms with Crippen LogP contribution in [0, 0.1) is 0 Å². The van der Waals surface area contributed by atoms with E-state index in [4.69, 9.17) is 9.47 Å². The van der Waals surface area contributed by atoms with Crippen molar-refractivity contribution in [3.8, 4) is 5.75 Å². The van der Waals surface area contributed by atoms with Gasteiger partial charge in [0.1, 0.15) is 11.5 Å². The first-order valence-electron chi connectivity index (χ1n) is 10.7. The van der Waals surface area contributed by atoms with Crippen LogP contribution in [0.25, 0.3) is 11.8 Å². The quantitative estimate of drug-likeness (QED) is 0.360. The highest BCUT2D eigenvalue weighted by atomic mass is 16.7. The molecule has 1 spiro atoms. The Balaban J connectivity index is 1.54. The molecular weight excluding hydrogens is 380 g/mol. The molecule has 4 aromatic carbocycles. The summed E-state index contributed by atoms with van der Waals surface area (Å²) < 4.78 is 13.5. The van der Waals surface area contributed by atoms with Gasteiger partial charge in [-0.3, -0.25) is 0 Å². The molecular formula is C29H22O2. The van der Waals surface area contributed by atoms with E-state index < -0.39 is 5.79 Å². The Labute approximate surface area is 182 Å². The number of rotatable bonds is 2. The first kappa shape index (κ1) is 18.0. The summed E-state index contributed by atoms with van der Waals surface area (Å²) in [5.41, 5.74) is 5.74. The second kappa shape index (κ2) is 7.17. The molecule has 2 aliphatic rings. The SMILES string of the molecule is C1=C(c2ccccc2)O[C@@]2(C[C@@H](c3ccccc3)c3ccccc3O2)c2ccccc21. The van der Waals surface area contributed by atoms with Gasteiger partial charge < -0.3 is 9.47 Å². The van der Waals surface area contributed by atoms with Gasteiger partial charge in [-0.2, -0.15) is 0 Å². The summed E-state index contributed by atoms with van der Waals surface area (Å²) in [5, 5.41) is 0. The van der Waals surface area contributed by atoms with E-state index in [1.54, 1.807) is 0 Å². The Morgan fingerprint density at radius 2 is 1.32 bits per heavy atom. The van der Waals surface area contributed by atoms with Crippen LogP contribution in [0.4, 0.5) is 0 Å². The van der Waals surface area contributed by atoms with Crippen LogP contribution in [0.2, 0.25) is 0 Å². The molecule has 2 heterocycles. The molecule has 0 radical (unpaired) electrons. The summed E-state index contributed by atoms with van der Waals surface area (Å²) in [6.45, 7) is 0. The molecule has 2 aliphatic heterocycles. The monoisotopic (exact) mass is 402 g/mol. The van der Waals surface area contributed by atoms with Crippen LogP contribution in [-0.2, 0) is 10.5 Å². The van der Waals surface area contributed by atoms with E-state index in [1.165, 1.54) is 11.1 Å². The molecule has 6 rings (SSSR count). The number of fused-ring (bicyclic) bond motifs is 3. The predicted molar refractivity (Wildman–Crippen MR) is 123 cm³/mol. The van der Waals surface area contributed by atoms with Crippen molar-refractivity contribution in [2.75, 3.05) is 0 Å². The topological polar surface area (TPSA) is 18.5 Å². The fraction of sp³-hybridized carbons (Fsp3) is 0.103. The normalized spacial score (nSPS) is 21.3. The Bertz CT molecular complexity index is 1260. The fourth-order valence-electron chi connectivity index (χ4n) is 4.79. The highest BCUT2D eigenvalue weighted by molar-refractivity contribution is 5.81. The van der Waals surface area contributed by atoms with Gasteiger partial charge in [-0.15, -0.1) is 0 Å². The van der Waals surface area contributed by atoms with Crippen molar-refractivity contribution in [1.29, 1.82) is 0 Å². The number of hydrogen-bond acceptors (Lipinski definition) is 2. The van der Waals surface area contributed by atoms with Gasteiger partial charge in [0, 0.05) is 29.0 Å². The van der Waals surface area contributed by atoms with Gasteiger partial charge in [-0.1, -0.05) is 103 Å². The van der Waals surface area contributed by atoms with E-state index in [-0.39, 0.29) is 5.92 Å². The molecule has 150 valence electrons. The third-order valence-electron chi connectivity index (χ3n) is 6.23. The van der Waals surface area contributed by atoms with E-state index in [0.29, 0.717) is 6.42 Å². The van der Waals surface area contributed by atoms with Crippen LogP contribution >= 0.6 is 0 Å². The number of ether oxygens (including phenoxy) is 2. The molecule has 0 saturated heterocycles. The van der Waals surface area contributed by atoms with Crippen molar-refractivity contribution in [1.82, 2.24) is 0 Å². The minimum atomic E-state index is -0.884. The Morgan fingerprint density at radius 1 is 0.645 bits per heavy atom. The first-order valence-corrected chi connectivity index (χ1v) is 10.7. The van der Waals surface area contributed by atoms with Gasteiger partial charge in [-0.05, 0) is 23.3 Å². The van der Waals surface area contributed by atoms with Crippen molar-refractivity contribution >= 4 is 11.8 Å². The first-order chi connectivity index (χ1) is 15.3. The van der Waals surface area contributed by atoms with Gasteiger partial charge >= 0.3 is 0 Å². The summed E-state index contributed by atoms with van der Waals surface area (Å²) in [5.74, 6) is 1.01. The zero-order valence-electron chi connectivity index (χ0n) is 17.1. The van der Waals surface area contributed by atoms with Gasteiger partial charge in [0.2, 0.25) is 0 Å². The fourth-order valence-corrected chi connectivity index (χ4v) is 4.79. The van der Waals surface area contributed by atoms with E-state index in [1.807, 2.05) is 24.3 Å². The van der Waals surface area contributed by atoms with Crippen LogP contribution in [-0.4, -0.2) is 0 Å². The van der Waals surface area contributed by atoms with E-state index in [2.05, 4.69) is 91.0 Å². The number of para-hydroxylation sites is 1. The summed E-state index contributed by atoms with van der Waals surface area (Å²) in [7, 11) is 0. The summed E-state index contributed by atoms with van der Waals surface area (Å²) in [6, 6.07) is 37.7. The third-order valence-corrected chi connectivity index (χ3v) is 6.23. The van der Waals surface area contributed by atoms with E-state index in [0.717, 1.165) is 28.2 Å². The van der Waals surface area contributed by atoms with Gasteiger partial charge in [0.15, 0.2) is 0 Å². The molecule has 2 heteroatoms. The minimum absolute atomic E-state index is 0.175. The second-order valence-electron chi connectivity index (χ2n) is 8.12. The van der Waals surface area contributed by atoms with Crippen molar-refractivity contribution in [3.63, 3.8) is 0 Å². The second-order valence-corrected chi connectivity index (χ2v) is 8.12. The Hall–Kier alpha value is -3.78. The molecule has 0 fully saturated rings. The highest BCUT2D eigenvalue weighted by Gasteiger charge is 2.48. The molecule has 31 heavy (non-hydrogen) atoms. The largest absolute Gasteiger partial charge is 0.448 e. The third kappa shape index (κ3) is 3.03. The summed E-state index contributed by atoms with van der Waals surface area (Å²) >= 11 is 0. The van der Waals surface area contributed by atoms with Crippen molar-refractivity contribution in [2.45, 2.75) is 18.1 Å². The van der Waals surface area contributed by atoms with Crippen molar-refractivity contribution in [3.05, 3.63) is 137 Å². The molecule has 2 nitrogen and oxygen atoms in total. The lowest BCUT2D eigenvalue weighted by atomic mass is 9.79. The van der Waals surface area contributed by atoms with Crippen LogP contribution < -0.4 is 4.74 Å². The maximum Gasteiger partial charge on any atom is 0.279 e. The number of benzene rings is 4. The number of hydrogen-bond donors (Lipinski definition) is 0. The zero-order chi connectivity index (χ0) is 20.7. The highest BCUT2D eigenvalue weighted by Crippen LogP contribution is 2.52. The van der Waals surface area contributed by atoms with Gasteiger partial charge in [-0.25, -0.2) is 0 Å². The molecule has 0 N–H and O–H groups in total. The van der Waals surface area contributed by atoms with Crippen molar-refractivity contribution in [2.24, 2.45) is 0 Å². The molecule has 0 aliphatic carbocycles. The Kier molecular flexibility index (Phi) is 4.17. The summed E-state index contributed by atoms with van der Waals surface area (Å²) in [6.07, 6.45) is 2.83. The lowest BCUT2D eigenvalue weighted by molar-refractivity contribution is -0.159. The molecule has 0 bridgehead atoms. The molecule has 0 amide bonds. The summed E-state index contributed by atoms with van der Waals surface area (Å²) in [4.78, 5) is 0. The molecule has 4 aromatic rings. The van der Waals surface area contributed by atoms with Crippen LogP contribution in [0.15, 0.2) is 109 Å². The Morgan fingerprint density at radius 3 is 2.16 bits per heavy atom. The smallest absolute Gasteiger partial charge is 0.279 e. The average molecular weight is 402 g/mol. The standard InChI is InChI=1S/C29H22O2/c1-3-11-21(12-4-1)25-20-29(30-27-18-10-8-16-24(25)27)26-17-9-7-15-23(26)19-28(31-29)22-13-5-2-6-14-22/h1-19,25H,20H2/t25-,29-/m0/s1. The van der Waals surface area contributed by atoms with Gasteiger partial charge in [0.05, 0.1) is 0 Å². The predicted octanol–water partition coefficient (Wildman–Crippen LogP) is 6.98. The van der Waals surface area contributed by atoms with E-state index >= 15 is 0 Å². The molecule has 0 saturated carbocycles. The maximum atomic E-state index is 6.77. The minimum Gasteiger partial charge on any atom is -0.448 e. The van der Waals surface area contributed by atoms with E-state index in [9.17, 15) is 0 Å². The lowest BCUT2D eigenvalue weighted by Gasteiger charge is -2.45. The van der Waals surface area contributed by atoms with Gasteiger partial charge in [0.25, 0.3) is 5.79 Å². The molecule has 2 atom stereocenters. The molecule has 0 unspecified atom stereocenters. The molecule has 0 aromatic heterocycles. The van der Waals surface area contributed by atoms with Crippen LogP contribution in [0.5, 0.6) is 5.75 Å². The average Bonchev–Trinajstić information content (AvgIpc) is 2.85.